The molecule has 1 aliphatic rings. The number of benzene rings is 1. The minimum absolute atomic E-state index is 0.0405. The van der Waals surface area contributed by atoms with Crippen molar-refractivity contribution in [1.82, 2.24) is 19.9 Å². The Bertz CT molecular complexity index is 1150. The van der Waals surface area contributed by atoms with Gasteiger partial charge >= 0.3 is 0 Å². The van der Waals surface area contributed by atoms with E-state index in [1.165, 1.54) is 6.07 Å². The number of halogens is 1. The van der Waals surface area contributed by atoms with Crippen LogP contribution in [0.2, 0.25) is 0 Å². The normalized spacial score (nSPS) is 16.8. The summed E-state index contributed by atoms with van der Waals surface area (Å²) in [6.07, 6.45) is 5.44. The smallest absolute Gasteiger partial charge is 0.220 e. The van der Waals surface area contributed by atoms with E-state index in [1.807, 2.05) is 39.2 Å². The number of hydrogen-bond donors (Lipinski definition) is 1. The Kier molecular flexibility index (Phi) is 6.93. The lowest BCUT2D eigenvalue weighted by Gasteiger charge is -2.28. The van der Waals surface area contributed by atoms with Crippen molar-refractivity contribution in [3.8, 4) is 11.1 Å². The van der Waals surface area contributed by atoms with Gasteiger partial charge in [-0.1, -0.05) is 23.4 Å². The molecule has 2 N–H and O–H groups in total. The first-order valence-corrected chi connectivity index (χ1v) is 11.1. The predicted molar refractivity (Wildman–Crippen MR) is 128 cm³/mol. The molecule has 172 valence electrons. The quantitative estimate of drug-likeness (QED) is 0.435. The van der Waals surface area contributed by atoms with Crippen LogP contribution in [0.1, 0.15) is 41.3 Å². The molecule has 8 heteroatoms. The van der Waals surface area contributed by atoms with Crippen molar-refractivity contribution in [3.05, 3.63) is 71.1 Å². The molecule has 0 radical (unpaired) electrons. The van der Waals surface area contributed by atoms with E-state index in [4.69, 9.17) is 10.6 Å². The Morgan fingerprint density at radius 3 is 2.76 bits per heavy atom. The highest BCUT2D eigenvalue weighted by atomic mass is 19.1. The number of nitrogens with zero attached hydrogens (tertiary/aromatic N) is 5. The molecule has 0 saturated carbocycles. The molecular formula is C25H29FN6O. The summed E-state index contributed by atoms with van der Waals surface area (Å²) in [5.74, 6) is -0.0887. The molecule has 2 aromatic heterocycles. The molecule has 1 unspecified atom stereocenters. The van der Waals surface area contributed by atoms with Crippen LogP contribution in [0, 0.1) is 12.7 Å². The summed E-state index contributed by atoms with van der Waals surface area (Å²) in [6, 6.07) is 8.88. The zero-order valence-electron chi connectivity index (χ0n) is 19.3. The average molecular weight is 449 g/mol. The van der Waals surface area contributed by atoms with Crippen LogP contribution in [-0.4, -0.2) is 52.8 Å². The van der Waals surface area contributed by atoms with E-state index >= 15 is 4.39 Å². The SMILES string of the molecule is Cc1nc(N)nc2c1C(=NOCCCN(C)C)CC(c1cccc(F)c1-c1cccnc1)C2. The van der Waals surface area contributed by atoms with E-state index in [9.17, 15) is 0 Å². The number of pyridine rings is 1. The summed E-state index contributed by atoms with van der Waals surface area (Å²) >= 11 is 0. The minimum atomic E-state index is -0.275. The molecule has 0 amide bonds. The Labute approximate surface area is 193 Å². The largest absolute Gasteiger partial charge is 0.396 e. The van der Waals surface area contributed by atoms with E-state index in [0.717, 1.165) is 46.8 Å². The second-order valence-corrected chi connectivity index (χ2v) is 8.57. The lowest BCUT2D eigenvalue weighted by molar-refractivity contribution is 0.134. The number of hydrogen-bond acceptors (Lipinski definition) is 7. The molecule has 1 aliphatic carbocycles. The molecular weight excluding hydrogens is 419 g/mol. The van der Waals surface area contributed by atoms with Gasteiger partial charge in [-0.15, -0.1) is 0 Å². The van der Waals surface area contributed by atoms with Crippen LogP contribution in [-0.2, 0) is 11.3 Å². The fourth-order valence-corrected chi connectivity index (χ4v) is 4.39. The fourth-order valence-electron chi connectivity index (χ4n) is 4.39. The first-order valence-electron chi connectivity index (χ1n) is 11.1. The Balaban J connectivity index is 1.71. The van der Waals surface area contributed by atoms with Crippen LogP contribution < -0.4 is 5.73 Å². The molecule has 4 rings (SSSR count). The third-order valence-electron chi connectivity index (χ3n) is 5.80. The van der Waals surface area contributed by atoms with Crippen molar-refractivity contribution in [2.24, 2.45) is 5.16 Å². The molecule has 0 spiro atoms. The first-order chi connectivity index (χ1) is 15.9. The van der Waals surface area contributed by atoms with Crippen LogP contribution in [0.15, 0.2) is 47.9 Å². The number of fused-ring (bicyclic) bond motifs is 1. The van der Waals surface area contributed by atoms with Gasteiger partial charge in [-0.05, 0) is 57.5 Å². The van der Waals surface area contributed by atoms with Gasteiger partial charge in [0, 0.05) is 42.0 Å². The van der Waals surface area contributed by atoms with Gasteiger partial charge in [0.15, 0.2) is 0 Å². The molecule has 3 aromatic rings. The summed E-state index contributed by atoms with van der Waals surface area (Å²) in [4.78, 5) is 20.8. The van der Waals surface area contributed by atoms with Crippen molar-refractivity contribution in [2.75, 3.05) is 33.0 Å². The lowest BCUT2D eigenvalue weighted by Crippen LogP contribution is -2.24. The highest BCUT2D eigenvalue weighted by Crippen LogP contribution is 2.39. The zero-order chi connectivity index (χ0) is 23.4. The summed E-state index contributed by atoms with van der Waals surface area (Å²) < 4.78 is 15.0. The molecule has 1 atom stereocenters. The average Bonchev–Trinajstić information content (AvgIpc) is 2.78. The zero-order valence-corrected chi connectivity index (χ0v) is 19.3. The minimum Gasteiger partial charge on any atom is -0.396 e. The van der Waals surface area contributed by atoms with Crippen molar-refractivity contribution >= 4 is 11.7 Å². The van der Waals surface area contributed by atoms with E-state index in [-0.39, 0.29) is 17.7 Å². The maximum Gasteiger partial charge on any atom is 0.220 e. The first kappa shape index (κ1) is 22.8. The summed E-state index contributed by atoms with van der Waals surface area (Å²) in [7, 11) is 4.05. The Hall–Kier alpha value is -3.39. The number of anilines is 1. The van der Waals surface area contributed by atoms with Crippen molar-refractivity contribution in [3.63, 3.8) is 0 Å². The maximum atomic E-state index is 15.0. The van der Waals surface area contributed by atoms with Gasteiger partial charge in [0.25, 0.3) is 0 Å². The molecule has 0 aliphatic heterocycles. The number of rotatable bonds is 7. The van der Waals surface area contributed by atoms with E-state index < -0.39 is 0 Å². The summed E-state index contributed by atoms with van der Waals surface area (Å²) in [6.45, 7) is 3.33. The van der Waals surface area contributed by atoms with E-state index in [0.29, 0.717) is 25.0 Å². The van der Waals surface area contributed by atoms with Gasteiger partial charge in [0.05, 0.1) is 17.1 Å². The highest BCUT2D eigenvalue weighted by molar-refractivity contribution is 6.03. The number of nitrogen functional groups attached to an aromatic ring is 1. The van der Waals surface area contributed by atoms with Crippen molar-refractivity contribution < 1.29 is 9.23 Å². The van der Waals surface area contributed by atoms with Gasteiger partial charge in [0.1, 0.15) is 12.4 Å². The molecule has 0 saturated heterocycles. The molecule has 0 bridgehead atoms. The van der Waals surface area contributed by atoms with Gasteiger partial charge in [-0.2, -0.15) is 0 Å². The van der Waals surface area contributed by atoms with Gasteiger partial charge < -0.3 is 15.5 Å². The monoisotopic (exact) mass is 448 g/mol. The summed E-state index contributed by atoms with van der Waals surface area (Å²) in [5.41, 5.74) is 11.4. The molecule has 33 heavy (non-hydrogen) atoms. The lowest BCUT2D eigenvalue weighted by atomic mass is 9.78. The maximum absolute atomic E-state index is 15.0. The van der Waals surface area contributed by atoms with Crippen LogP contribution in [0.4, 0.5) is 10.3 Å². The molecule has 7 nitrogen and oxygen atoms in total. The highest BCUT2D eigenvalue weighted by Gasteiger charge is 2.31. The second kappa shape index (κ2) is 10.0. The van der Waals surface area contributed by atoms with Gasteiger partial charge in [0.2, 0.25) is 5.95 Å². The standard InChI is InChI=1S/C25H29FN6O/c1-16-23-21(30-25(27)29-16)13-18(14-22(23)31-33-12-6-11-32(2)3)19-8-4-9-20(26)24(19)17-7-5-10-28-15-17/h4-5,7-10,15,18H,6,11-14H2,1-3H3,(H2,27,29,30). The van der Waals surface area contributed by atoms with Crippen LogP contribution in [0.3, 0.4) is 0 Å². The number of nitrogens with two attached hydrogens (primary N) is 1. The third kappa shape index (κ3) is 5.17. The van der Waals surface area contributed by atoms with Crippen LogP contribution >= 0.6 is 0 Å². The van der Waals surface area contributed by atoms with E-state index in [2.05, 4.69) is 25.0 Å². The Morgan fingerprint density at radius 2 is 2.00 bits per heavy atom. The van der Waals surface area contributed by atoms with Crippen molar-refractivity contribution in [1.29, 1.82) is 0 Å². The third-order valence-corrected chi connectivity index (χ3v) is 5.80. The second-order valence-electron chi connectivity index (χ2n) is 8.57. The summed E-state index contributed by atoms with van der Waals surface area (Å²) in [5, 5.41) is 4.48. The molecule has 2 heterocycles. The topological polar surface area (TPSA) is 89.5 Å². The number of oxime groups is 1. The fraction of sp³-hybridized carbons (Fsp3) is 0.360. The van der Waals surface area contributed by atoms with Crippen LogP contribution in [0.25, 0.3) is 11.1 Å². The van der Waals surface area contributed by atoms with Gasteiger partial charge in [-0.3, -0.25) is 4.98 Å². The van der Waals surface area contributed by atoms with Crippen LogP contribution in [0.5, 0.6) is 0 Å². The van der Waals surface area contributed by atoms with Gasteiger partial charge in [-0.25, -0.2) is 14.4 Å². The molecule has 0 fully saturated rings. The molecule has 1 aromatic carbocycles. The number of aromatic nitrogens is 3. The Morgan fingerprint density at radius 1 is 1.15 bits per heavy atom. The van der Waals surface area contributed by atoms with E-state index in [1.54, 1.807) is 18.5 Å². The predicted octanol–water partition coefficient (Wildman–Crippen LogP) is 3.97. The van der Waals surface area contributed by atoms with Crippen molar-refractivity contribution in [2.45, 2.75) is 32.1 Å². The number of aryl methyl sites for hydroxylation is 1.